The van der Waals surface area contributed by atoms with Gasteiger partial charge >= 0.3 is 6.18 Å². The van der Waals surface area contributed by atoms with E-state index in [4.69, 9.17) is 11.6 Å². The average Bonchev–Trinajstić information content (AvgIpc) is 3.21. The van der Waals surface area contributed by atoms with E-state index in [1.54, 1.807) is 55.5 Å². The highest BCUT2D eigenvalue weighted by atomic mass is 35.5. The molecular weight excluding hydrogens is 455 g/mol. The number of phenols is 1. The molecule has 0 spiro atoms. The van der Waals surface area contributed by atoms with Gasteiger partial charge < -0.3 is 10.4 Å². The standard InChI is InChI=1S/C24H19ClF3N3O2/c1-14(15-5-6-17-10-21(32)8-7-16(17)9-15)23(33)29-13-20-12-22(24(26,27)28)30-31(20)19-4-2-3-18(25)11-19/h2-12,14,32H,13H2,1H3,(H,29,33). The van der Waals surface area contributed by atoms with Crippen molar-refractivity contribution in [1.82, 2.24) is 15.1 Å². The number of rotatable bonds is 5. The van der Waals surface area contributed by atoms with E-state index in [-0.39, 0.29) is 23.9 Å². The van der Waals surface area contributed by atoms with E-state index in [1.165, 1.54) is 6.07 Å². The number of fused-ring (bicyclic) bond motifs is 1. The van der Waals surface area contributed by atoms with Crippen LogP contribution in [-0.2, 0) is 17.5 Å². The molecule has 33 heavy (non-hydrogen) atoms. The monoisotopic (exact) mass is 473 g/mol. The van der Waals surface area contributed by atoms with Gasteiger partial charge in [0.15, 0.2) is 5.69 Å². The van der Waals surface area contributed by atoms with Crippen LogP contribution in [0.15, 0.2) is 66.7 Å². The van der Waals surface area contributed by atoms with E-state index >= 15 is 0 Å². The maximum Gasteiger partial charge on any atom is 0.435 e. The number of benzene rings is 3. The van der Waals surface area contributed by atoms with Gasteiger partial charge in [0.2, 0.25) is 5.91 Å². The normalized spacial score (nSPS) is 12.6. The number of carbonyl (C=O) groups is 1. The molecular formula is C24H19ClF3N3O2. The fourth-order valence-corrected chi connectivity index (χ4v) is 3.70. The Labute approximate surface area is 192 Å². The molecule has 1 atom stereocenters. The second-order valence-corrected chi connectivity index (χ2v) is 8.08. The molecule has 1 heterocycles. The zero-order chi connectivity index (χ0) is 23.8. The summed E-state index contributed by atoms with van der Waals surface area (Å²) in [7, 11) is 0. The summed E-state index contributed by atoms with van der Waals surface area (Å²) in [6.45, 7) is 1.56. The van der Waals surface area contributed by atoms with E-state index < -0.39 is 17.8 Å². The van der Waals surface area contributed by atoms with Gasteiger partial charge in [-0.05, 0) is 59.7 Å². The van der Waals surface area contributed by atoms with Crippen molar-refractivity contribution in [3.8, 4) is 11.4 Å². The molecule has 5 nitrogen and oxygen atoms in total. The Morgan fingerprint density at radius 1 is 1.09 bits per heavy atom. The maximum atomic E-state index is 13.3. The molecule has 170 valence electrons. The highest BCUT2D eigenvalue weighted by molar-refractivity contribution is 6.30. The summed E-state index contributed by atoms with van der Waals surface area (Å²) in [5, 5.41) is 18.0. The lowest BCUT2D eigenvalue weighted by atomic mass is 9.97. The third kappa shape index (κ3) is 4.96. The van der Waals surface area contributed by atoms with Crippen LogP contribution in [0.1, 0.15) is 29.8 Å². The van der Waals surface area contributed by atoms with Crippen LogP contribution in [0.2, 0.25) is 5.02 Å². The van der Waals surface area contributed by atoms with Crippen LogP contribution in [0.5, 0.6) is 5.75 Å². The molecule has 4 aromatic rings. The van der Waals surface area contributed by atoms with Crippen molar-refractivity contribution in [3.05, 3.63) is 88.7 Å². The van der Waals surface area contributed by atoms with Crippen molar-refractivity contribution in [2.75, 3.05) is 0 Å². The van der Waals surface area contributed by atoms with E-state index in [0.29, 0.717) is 10.7 Å². The van der Waals surface area contributed by atoms with Gasteiger partial charge in [-0.25, -0.2) is 4.68 Å². The average molecular weight is 474 g/mol. The quantitative estimate of drug-likeness (QED) is 0.383. The molecule has 0 radical (unpaired) electrons. The number of hydrogen-bond donors (Lipinski definition) is 2. The minimum Gasteiger partial charge on any atom is -0.508 e. The van der Waals surface area contributed by atoms with E-state index in [1.807, 2.05) is 6.07 Å². The summed E-state index contributed by atoms with van der Waals surface area (Å²) in [6, 6.07) is 17.6. The zero-order valence-electron chi connectivity index (χ0n) is 17.4. The Balaban J connectivity index is 1.56. The van der Waals surface area contributed by atoms with Crippen LogP contribution in [0.3, 0.4) is 0 Å². The number of hydrogen-bond acceptors (Lipinski definition) is 3. The van der Waals surface area contributed by atoms with Crippen LogP contribution in [0.25, 0.3) is 16.5 Å². The molecule has 3 aromatic carbocycles. The number of phenolic OH excluding ortho intramolecular Hbond substituents is 1. The molecule has 0 aliphatic rings. The molecule has 0 saturated heterocycles. The van der Waals surface area contributed by atoms with Crippen molar-refractivity contribution >= 4 is 28.3 Å². The molecule has 2 N–H and O–H groups in total. The first-order chi connectivity index (χ1) is 15.6. The van der Waals surface area contributed by atoms with Crippen molar-refractivity contribution < 1.29 is 23.1 Å². The molecule has 9 heteroatoms. The van der Waals surface area contributed by atoms with Crippen LogP contribution in [0.4, 0.5) is 13.2 Å². The fourth-order valence-electron chi connectivity index (χ4n) is 3.52. The van der Waals surface area contributed by atoms with Gasteiger partial charge in [0.1, 0.15) is 5.75 Å². The topological polar surface area (TPSA) is 67.2 Å². The summed E-state index contributed by atoms with van der Waals surface area (Å²) in [5.41, 5.74) is 0.204. The minimum atomic E-state index is -4.63. The van der Waals surface area contributed by atoms with Gasteiger partial charge in [0.25, 0.3) is 0 Å². The van der Waals surface area contributed by atoms with E-state index in [0.717, 1.165) is 27.1 Å². The minimum absolute atomic E-state index is 0.149. The smallest absolute Gasteiger partial charge is 0.435 e. The lowest BCUT2D eigenvalue weighted by molar-refractivity contribution is -0.141. The number of halogens is 4. The molecule has 0 aliphatic heterocycles. The van der Waals surface area contributed by atoms with Crippen LogP contribution in [0, 0.1) is 0 Å². The van der Waals surface area contributed by atoms with Crippen LogP contribution >= 0.6 is 11.6 Å². The summed E-state index contributed by atoms with van der Waals surface area (Å²) >= 11 is 5.98. The molecule has 1 amide bonds. The first-order valence-corrected chi connectivity index (χ1v) is 10.4. The lowest BCUT2D eigenvalue weighted by Gasteiger charge is -2.14. The number of aromatic nitrogens is 2. The number of nitrogens with one attached hydrogen (secondary N) is 1. The Morgan fingerprint density at radius 3 is 2.55 bits per heavy atom. The maximum absolute atomic E-state index is 13.3. The molecule has 0 aliphatic carbocycles. The van der Waals surface area contributed by atoms with E-state index in [2.05, 4.69) is 10.4 Å². The molecule has 1 aromatic heterocycles. The first-order valence-electron chi connectivity index (χ1n) is 10.0. The van der Waals surface area contributed by atoms with Gasteiger partial charge in [0.05, 0.1) is 23.8 Å². The molecule has 0 bridgehead atoms. The van der Waals surface area contributed by atoms with Gasteiger partial charge in [-0.2, -0.15) is 18.3 Å². The number of amides is 1. The largest absolute Gasteiger partial charge is 0.508 e. The third-order valence-electron chi connectivity index (χ3n) is 5.31. The van der Waals surface area contributed by atoms with Gasteiger partial charge in [-0.15, -0.1) is 0 Å². The predicted octanol–water partition coefficient (Wildman–Crippen LogP) is 5.82. The second-order valence-electron chi connectivity index (χ2n) is 7.64. The third-order valence-corrected chi connectivity index (χ3v) is 5.55. The highest BCUT2D eigenvalue weighted by Gasteiger charge is 2.35. The molecule has 0 fully saturated rings. The molecule has 1 unspecified atom stereocenters. The van der Waals surface area contributed by atoms with Gasteiger partial charge in [-0.1, -0.05) is 41.9 Å². The molecule has 0 saturated carbocycles. The summed E-state index contributed by atoms with van der Waals surface area (Å²) < 4.78 is 40.9. The summed E-state index contributed by atoms with van der Waals surface area (Å²) in [5.74, 6) is -0.746. The summed E-state index contributed by atoms with van der Waals surface area (Å²) in [6.07, 6.45) is -4.63. The van der Waals surface area contributed by atoms with Crippen LogP contribution < -0.4 is 5.32 Å². The number of alkyl halides is 3. The van der Waals surface area contributed by atoms with Gasteiger partial charge in [0, 0.05) is 5.02 Å². The number of aromatic hydroxyl groups is 1. The Morgan fingerprint density at radius 2 is 1.82 bits per heavy atom. The molecule has 4 rings (SSSR count). The van der Waals surface area contributed by atoms with Crippen LogP contribution in [-0.4, -0.2) is 20.8 Å². The number of nitrogens with zero attached hydrogens (tertiary/aromatic N) is 2. The SMILES string of the molecule is CC(C(=O)NCc1cc(C(F)(F)F)nn1-c1cccc(Cl)c1)c1ccc2cc(O)ccc2c1. The van der Waals surface area contributed by atoms with Crippen molar-refractivity contribution in [2.24, 2.45) is 0 Å². The Hall–Kier alpha value is -3.52. The Kier molecular flexibility index (Phi) is 6.03. The lowest BCUT2D eigenvalue weighted by Crippen LogP contribution is -2.28. The zero-order valence-corrected chi connectivity index (χ0v) is 18.2. The number of carbonyl (C=O) groups excluding carboxylic acids is 1. The van der Waals surface area contributed by atoms with Crippen molar-refractivity contribution in [2.45, 2.75) is 25.6 Å². The van der Waals surface area contributed by atoms with Crippen molar-refractivity contribution in [1.29, 1.82) is 0 Å². The summed E-state index contributed by atoms with van der Waals surface area (Å²) in [4.78, 5) is 12.8. The second kappa shape index (κ2) is 8.78. The van der Waals surface area contributed by atoms with E-state index in [9.17, 15) is 23.1 Å². The van der Waals surface area contributed by atoms with Crippen molar-refractivity contribution in [3.63, 3.8) is 0 Å². The predicted molar refractivity (Wildman–Crippen MR) is 119 cm³/mol. The first kappa shape index (κ1) is 22.7. The highest BCUT2D eigenvalue weighted by Crippen LogP contribution is 2.30. The van der Waals surface area contributed by atoms with Gasteiger partial charge in [-0.3, -0.25) is 4.79 Å². The Bertz CT molecular complexity index is 1330. The fraction of sp³-hybridized carbons (Fsp3) is 0.167.